The average Bonchev–Trinajstić information content (AvgIpc) is 3.45. The number of methoxy groups -OCH3 is 1. The second-order valence-electron chi connectivity index (χ2n) is 7.54. The highest BCUT2D eigenvalue weighted by atomic mass is 32.2. The first kappa shape index (κ1) is 21.0. The second kappa shape index (κ2) is 7.78. The van der Waals surface area contributed by atoms with Crippen molar-refractivity contribution in [3.8, 4) is 0 Å². The summed E-state index contributed by atoms with van der Waals surface area (Å²) in [7, 11) is -0.807. The van der Waals surface area contributed by atoms with Crippen LogP contribution in [0.25, 0.3) is 0 Å². The molecule has 9 nitrogen and oxygen atoms in total. The topological polar surface area (TPSA) is 102 Å². The van der Waals surface area contributed by atoms with Crippen molar-refractivity contribution in [1.82, 2.24) is 19.0 Å². The summed E-state index contributed by atoms with van der Waals surface area (Å²) in [5, 5.41) is 4.23. The number of aryl methyl sites for hydroxylation is 2. The number of rotatable bonds is 4. The zero-order valence-electron chi connectivity index (χ0n) is 17.2. The first-order chi connectivity index (χ1) is 14.2. The van der Waals surface area contributed by atoms with Gasteiger partial charge in [0, 0.05) is 31.6 Å². The first-order valence-electron chi connectivity index (χ1n) is 9.77. The van der Waals surface area contributed by atoms with Crippen LogP contribution in [-0.4, -0.2) is 66.0 Å². The van der Waals surface area contributed by atoms with Crippen molar-refractivity contribution in [3.63, 3.8) is 0 Å². The molecule has 4 heterocycles. The van der Waals surface area contributed by atoms with E-state index in [0.29, 0.717) is 42.2 Å². The molecule has 4 rings (SSSR count). The molecule has 0 N–H and O–H groups in total. The van der Waals surface area contributed by atoms with E-state index in [9.17, 15) is 18.0 Å². The molecule has 2 aliphatic heterocycles. The highest BCUT2D eigenvalue weighted by Crippen LogP contribution is 2.39. The van der Waals surface area contributed by atoms with Gasteiger partial charge in [-0.3, -0.25) is 9.48 Å². The number of carbonyl (C=O) groups excluding carboxylic acids is 2. The maximum atomic E-state index is 13.2. The third-order valence-electron chi connectivity index (χ3n) is 5.56. The smallest absolute Gasteiger partial charge is 0.340 e. The Balaban J connectivity index is 1.71. The molecule has 1 amide bonds. The fourth-order valence-electron chi connectivity index (χ4n) is 4.06. The summed E-state index contributed by atoms with van der Waals surface area (Å²) in [4.78, 5) is 27.9. The molecule has 0 unspecified atom stereocenters. The molecule has 0 aromatic carbocycles. The highest BCUT2D eigenvalue weighted by Gasteiger charge is 2.38. The van der Waals surface area contributed by atoms with E-state index in [4.69, 9.17) is 4.74 Å². The van der Waals surface area contributed by atoms with E-state index in [-0.39, 0.29) is 22.2 Å². The number of fused-ring (bicyclic) bond motifs is 1. The fraction of sp³-hybridized carbons (Fsp3) is 0.526. The molecule has 0 atom stereocenters. The van der Waals surface area contributed by atoms with E-state index < -0.39 is 16.0 Å². The summed E-state index contributed by atoms with van der Waals surface area (Å²) >= 11 is 1.08. The molecule has 1 saturated heterocycles. The summed E-state index contributed by atoms with van der Waals surface area (Å²) in [6.45, 7) is 3.37. The van der Waals surface area contributed by atoms with Gasteiger partial charge in [-0.05, 0) is 37.8 Å². The Morgan fingerprint density at radius 1 is 1.20 bits per heavy atom. The lowest BCUT2D eigenvalue weighted by atomic mass is 10.0. The number of ether oxygens (including phenoxy) is 1. The van der Waals surface area contributed by atoms with E-state index in [0.717, 1.165) is 29.9 Å². The van der Waals surface area contributed by atoms with E-state index in [1.54, 1.807) is 22.7 Å². The molecule has 0 saturated carbocycles. The standard InChI is InChI=1S/C19H24N4O5S2/c1-12-10-14(21(2)20-12)17(24)22-9-6-13-15(11-22)29-19(16(13)18(25)28-3)30(26,27)23-7-4-5-8-23/h10H,4-9,11H2,1-3H3. The van der Waals surface area contributed by atoms with Gasteiger partial charge in [-0.2, -0.15) is 9.40 Å². The molecule has 30 heavy (non-hydrogen) atoms. The number of nitrogens with zero attached hydrogens (tertiary/aromatic N) is 4. The molecule has 11 heteroatoms. The lowest BCUT2D eigenvalue weighted by molar-refractivity contribution is 0.0595. The van der Waals surface area contributed by atoms with Crippen molar-refractivity contribution in [2.75, 3.05) is 26.7 Å². The minimum atomic E-state index is -3.78. The summed E-state index contributed by atoms with van der Waals surface area (Å²) in [6.07, 6.45) is 2.02. The van der Waals surface area contributed by atoms with Crippen LogP contribution in [0.5, 0.6) is 0 Å². The third-order valence-corrected chi connectivity index (χ3v) is 9.17. The highest BCUT2D eigenvalue weighted by molar-refractivity contribution is 7.91. The van der Waals surface area contributed by atoms with Crippen LogP contribution >= 0.6 is 11.3 Å². The maximum Gasteiger partial charge on any atom is 0.340 e. The largest absolute Gasteiger partial charge is 0.465 e. The predicted octanol–water partition coefficient (Wildman–Crippen LogP) is 1.56. The Kier molecular flexibility index (Phi) is 5.45. The number of hydrogen-bond acceptors (Lipinski definition) is 7. The Hall–Kier alpha value is -2.24. The van der Waals surface area contributed by atoms with E-state index >= 15 is 0 Å². The Morgan fingerprint density at radius 2 is 1.90 bits per heavy atom. The number of aromatic nitrogens is 2. The number of sulfonamides is 1. The summed E-state index contributed by atoms with van der Waals surface area (Å²) in [6, 6.07) is 1.73. The van der Waals surface area contributed by atoms with Gasteiger partial charge in [0.05, 0.1) is 24.9 Å². The molecule has 1 fully saturated rings. The summed E-state index contributed by atoms with van der Waals surface area (Å²) in [5.74, 6) is -0.812. The van der Waals surface area contributed by atoms with Crippen LogP contribution in [0.1, 0.15) is 49.8 Å². The van der Waals surface area contributed by atoms with Crippen molar-refractivity contribution in [2.24, 2.45) is 7.05 Å². The lowest BCUT2D eigenvalue weighted by Gasteiger charge is -2.27. The Morgan fingerprint density at radius 3 is 2.50 bits per heavy atom. The van der Waals surface area contributed by atoms with Gasteiger partial charge in [-0.1, -0.05) is 0 Å². The van der Waals surface area contributed by atoms with E-state index in [1.807, 2.05) is 6.92 Å². The Bertz CT molecular complexity index is 1110. The average molecular weight is 453 g/mol. The molecule has 162 valence electrons. The SMILES string of the molecule is COC(=O)c1c(S(=O)(=O)N2CCCC2)sc2c1CCN(C(=O)c1cc(C)nn1C)C2. The van der Waals surface area contributed by atoms with Gasteiger partial charge >= 0.3 is 5.97 Å². The van der Waals surface area contributed by atoms with Gasteiger partial charge in [0.25, 0.3) is 15.9 Å². The van der Waals surface area contributed by atoms with Crippen molar-refractivity contribution < 1.29 is 22.7 Å². The summed E-state index contributed by atoms with van der Waals surface area (Å²) in [5.41, 5.74) is 2.04. The zero-order chi connectivity index (χ0) is 21.6. The van der Waals surface area contributed by atoms with Crippen LogP contribution in [0.2, 0.25) is 0 Å². The van der Waals surface area contributed by atoms with Crippen LogP contribution in [0, 0.1) is 6.92 Å². The van der Waals surface area contributed by atoms with E-state index in [2.05, 4.69) is 5.10 Å². The number of esters is 1. The van der Waals surface area contributed by atoms with E-state index in [1.165, 1.54) is 11.4 Å². The van der Waals surface area contributed by atoms with Crippen molar-refractivity contribution in [3.05, 3.63) is 33.5 Å². The van der Waals surface area contributed by atoms with Crippen LogP contribution in [0.15, 0.2) is 10.3 Å². The van der Waals surface area contributed by atoms with Gasteiger partial charge in [-0.15, -0.1) is 11.3 Å². The molecule has 2 aliphatic rings. The maximum absolute atomic E-state index is 13.2. The predicted molar refractivity (Wildman–Crippen MR) is 110 cm³/mol. The number of carbonyl (C=O) groups is 2. The number of hydrogen-bond donors (Lipinski definition) is 0. The van der Waals surface area contributed by atoms with Crippen molar-refractivity contribution >= 4 is 33.2 Å². The Labute approximate surface area is 179 Å². The molecule has 2 aromatic rings. The quantitative estimate of drug-likeness (QED) is 0.653. The van der Waals surface area contributed by atoms with Crippen LogP contribution < -0.4 is 0 Å². The van der Waals surface area contributed by atoms with Crippen molar-refractivity contribution in [2.45, 2.75) is 36.9 Å². The van der Waals surface area contributed by atoms with Crippen LogP contribution in [0.3, 0.4) is 0 Å². The molecule has 0 bridgehead atoms. The normalized spacial score (nSPS) is 17.2. The molecule has 0 aliphatic carbocycles. The molecular weight excluding hydrogens is 428 g/mol. The fourth-order valence-corrected chi connectivity index (χ4v) is 7.62. The van der Waals surface area contributed by atoms with Gasteiger partial charge in [-0.25, -0.2) is 13.2 Å². The van der Waals surface area contributed by atoms with Crippen LogP contribution in [0.4, 0.5) is 0 Å². The third kappa shape index (κ3) is 3.44. The van der Waals surface area contributed by atoms with Gasteiger partial charge < -0.3 is 9.64 Å². The lowest BCUT2D eigenvalue weighted by Crippen LogP contribution is -2.36. The minimum absolute atomic E-state index is 0.0342. The van der Waals surface area contributed by atoms with Crippen LogP contribution in [-0.2, 0) is 34.8 Å². The van der Waals surface area contributed by atoms with Crippen molar-refractivity contribution in [1.29, 1.82) is 0 Å². The molecule has 2 aromatic heterocycles. The zero-order valence-corrected chi connectivity index (χ0v) is 18.8. The minimum Gasteiger partial charge on any atom is -0.465 e. The molecule has 0 radical (unpaired) electrons. The second-order valence-corrected chi connectivity index (χ2v) is 10.8. The first-order valence-corrected chi connectivity index (χ1v) is 12.0. The summed E-state index contributed by atoms with van der Waals surface area (Å²) < 4.78 is 34.4. The van der Waals surface area contributed by atoms with Gasteiger partial charge in [0.15, 0.2) is 0 Å². The number of thiophene rings is 1. The molecular formula is C19H24N4O5S2. The van der Waals surface area contributed by atoms with Gasteiger partial charge in [0.1, 0.15) is 9.90 Å². The monoisotopic (exact) mass is 452 g/mol. The number of amides is 1. The molecule has 0 spiro atoms. The van der Waals surface area contributed by atoms with Gasteiger partial charge in [0.2, 0.25) is 0 Å².